The highest BCUT2D eigenvalue weighted by Gasteiger charge is 2.33. The van der Waals surface area contributed by atoms with Crippen molar-refractivity contribution >= 4 is 5.97 Å². The lowest BCUT2D eigenvalue weighted by atomic mass is 9.93. The van der Waals surface area contributed by atoms with Gasteiger partial charge in [-0.2, -0.15) is 0 Å². The first kappa shape index (κ1) is 17.4. The van der Waals surface area contributed by atoms with Crippen molar-refractivity contribution < 1.29 is 9.53 Å². The smallest absolute Gasteiger partial charge is 0.326 e. The highest BCUT2D eigenvalue weighted by atomic mass is 16.5. The van der Waals surface area contributed by atoms with Crippen LogP contribution >= 0.6 is 0 Å². The molecular weight excluding hydrogens is 226 g/mol. The summed E-state index contributed by atoms with van der Waals surface area (Å²) in [6, 6.07) is 0. The summed E-state index contributed by atoms with van der Waals surface area (Å²) in [6.07, 6.45) is 5.58. The van der Waals surface area contributed by atoms with E-state index in [9.17, 15) is 4.79 Å². The number of ether oxygens (including phenoxy) is 1. The zero-order chi connectivity index (χ0) is 14.0. The Morgan fingerprint density at radius 2 is 1.89 bits per heavy atom. The summed E-state index contributed by atoms with van der Waals surface area (Å²) in [7, 11) is 0. The zero-order valence-electron chi connectivity index (χ0n) is 12.8. The molecular formula is C15H31NO2. The number of hydrogen-bond donors (Lipinski definition) is 1. The Morgan fingerprint density at radius 1 is 1.22 bits per heavy atom. The minimum Gasteiger partial charge on any atom is -0.465 e. The molecule has 0 fully saturated rings. The first-order chi connectivity index (χ1) is 8.46. The molecule has 1 N–H and O–H groups in total. The Balaban J connectivity index is 4.34. The Labute approximate surface area is 113 Å². The van der Waals surface area contributed by atoms with Gasteiger partial charge in [0.15, 0.2) is 0 Å². The molecule has 0 amide bonds. The van der Waals surface area contributed by atoms with E-state index < -0.39 is 5.54 Å². The SMILES string of the molecule is CCCCCCC(C)(NCC(C)C)C(=O)OCC. The van der Waals surface area contributed by atoms with E-state index in [0.29, 0.717) is 12.5 Å². The third kappa shape index (κ3) is 7.00. The second-order valence-electron chi connectivity index (χ2n) is 5.64. The van der Waals surface area contributed by atoms with E-state index in [1.54, 1.807) is 0 Å². The average molecular weight is 257 g/mol. The fourth-order valence-corrected chi connectivity index (χ4v) is 1.89. The van der Waals surface area contributed by atoms with E-state index in [-0.39, 0.29) is 5.97 Å². The second kappa shape index (κ2) is 9.37. The molecule has 3 heteroatoms. The number of rotatable bonds is 10. The lowest BCUT2D eigenvalue weighted by Gasteiger charge is -2.29. The highest BCUT2D eigenvalue weighted by Crippen LogP contribution is 2.18. The molecule has 3 nitrogen and oxygen atoms in total. The highest BCUT2D eigenvalue weighted by molar-refractivity contribution is 5.80. The first-order valence-corrected chi connectivity index (χ1v) is 7.38. The zero-order valence-corrected chi connectivity index (χ0v) is 12.8. The summed E-state index contributed by atoms with van der Waals surface area (Å²) in [4.78, 5) is 12.1. The van der Waals surface area contributed by atoms with E-state index >= 15 is 0 Å². The van der Waals surface area contributed by atoms with Gasteiger partial charge in [-0.1, -0.05) is 46.5 Å². The fraction of sp³-hybridized carbons (Fsp3) is 0.933. The molecule has 1 atom stereocenters. The van der Waals surface area contributed by atoms with Gasteiger partial charge in [0.25, 0.3) is 0 Å². The second-order valence-corrected chi connectivity index (χ2v) is 5.64. The van der Waals surface area contributed by atoms with E-state index in [1.165, 1.54) is 19.3 Å². The van der Waals surface area contributed by atoms with Crippen LogP contribution in [0.25, 0.3) is 0 Å². The Morgan fingerprint density at radius 3 is 2.39 bits per heavy atom. The van der Waals surface area contributed by atoms with Crippen LogP contribution in [0.15, 0.2) is 0 Å². The van der Waals surface area contributed by atoms with Crippen molar-refractivity contribution in [2.45, 2.75) is 72.3 Å². The van der Waals surface area contributed by atoms with Crippen LogP contribution in [0, 0.1) is 5.92 Å². The molecule has 0 heterocycles. The Hall–Kier alpha value is -0.570. The lowest BCUT2D eigenvalue weighted by molar-refractivity contribution is -0.151. The van der Waals surface area contributed by atoms with Gasteiger partial charge in [0, 0.05) is 0 Å². The third-order valence-corrected chi connectivity index (χ3v) is 3.16. The molecule has 0 aliphatic rings. The molecule has 0 spiro atoms. The van der Waals surface area contributed by atoms with Crippen LogP contribution in [0.5, 0.6) is 0 Å². The quantitative estimate of drug-likeness (QED) is 0.480. The summed E-state index contributed by atoms with van der Waals surface area (Å²) in [5.74, 6) is 0.427. The van der Waals surface area contributed by atoms with Crippen LogP contribution in [0.1, 0.15) is 66.7 Å². The fourth-order valence-electron chi connectivity index (χ4n) is 1.89. The van der Waals surface area contributed by atoms with Crippen LogP contribution in [0.2, 0.25) is 0 Å². The van der Waals surface area contributed by atoms with Crippen LogP contribution < -0.4 is 5.32 Å². The van der Waals surface area contributed by atoms with Gasteiger partial charge in [0.2, 0.25) is 0 Å². The number of carbonyl (C=O) groups excluding carboxylic acids is 1. The maximum absolute atomic E-state index is 12.1. The van der Waals surface area contributed by atoms with Crippen molar-refractivity contribution in [3.63, 3.8) is 0 Å². The van der Waals surface area contributed by atoms with Gasteiger partial charge in [-0.15, -0.1) is 0 Å². The van der Waals surface area contributed by atoms with E-state index in [0.717, 1.165) is 19.4 Å². The Bertz CT molecular complexity index is 229. The topological polar surface area (TPSA) is 38.3 Å². The van der Waals surface area contributed by atoms with Gasteiger partial charge >= 0.3 is 5.97 Å². The number of hydrogen-bond acceptors (Lipinski definition) is 3. The molecule has 0 bridgehead atoms. The minimum absolute atomic E-state index is 0.109. The molecule has 0 rings (SSSR count). The number of esters is 1. The molecule has 0 saturated carbocycles. The minimum atomic E-state index is -0.520. The standard InChI is InChI=1S/C15H31NO2/c1-6-8-9-10-11-15(5,14(17)18-7-2)16-12-13(3)4/h13,16H,6-12H2,1-5H3. The molecule has 18 heavy (non-hydrogen) atoms. The van der Waals surface area contributed by atoms with E-state index in [4.69, 9.17) is 4.74 Å². The predicted octanol–water partition coefficient (Wildman–Crippen LogP) is 3.52. The van der Waals surface area contributed by atoms with Crippen molar-refractivity contribution in [1.82, 2.24) is 5.32 Å². The van der Waals surface area contributed by atoms with Gasteiger partial charge in [0.05, 0.1) is 6.61 Å². The average Bonchev–Trinajstić information content (AvgIpc) is 2.32. The molecule has 0 saturated heterocycles. The van der Waals surface area contributed by atoms with Crippen molar-refractivity contribution in [1.29, 1.82) is 0 Å². The molecule has 0 radical (unpaired) electrons. The van der Waals surface area contributed by atoms with Gasteiger partial charge < -0.3 is 10.1 Å². The van der Waals surface area contributed by atoms with Crippen LogP contribution in [-0.2, 0) is 9.53 Å². The summed E-state index contributed by atoms with van der Waals surface area (Å²) >= 11 is 0. The summed E-state index contributed by atoms with van der Waals surface area (Å²) in [5, 5.41) is 3.38. The van der Waals surface area contributed by atoms with Crippen molar-refractivity contribution in [3.05, 3.63) is 0 Å². The van der Waals surface area contributed by atoms with E-state index in [1.807, 2.05) is 13.8 Å². The van der Waals surface area contributed by atoms with Gasteiger partial charge in [-0.25, -0.2) is 0 Å². The molecule has 0 aromatic heterocycles. The van der Waals surface area contributed by atoms with Crippen LogP contribution in [-0.4, -0.2) is 24.7 Å². The van der Waals surface area contributed by atoms with Gasteiger partial charge in [-0.05, 0) is 32.7 Å². The molecule has 0 aromatic carbocycles. The maximum atomic E-state index is 12.1. The monoisotopic (exact) mass is 257 g/mol. The lowest BCUT2D eigenvalue weighted by Crippen LogP contribution is -2.51. The van der Waals surface area contributed by atoms with Gasteiger partial charge in [0.1, 0.15) is 5.54 Å². The van der Waals surface area contributed by atoms with Crippen LogP contribution in [0.3, 0.4) is 0 Å². The Kier molecular flexibility index (Phi) is 9.08. The summed E-state index contributed by atoms with van der Waals surface area (Å²) in [6.45, 7) is 11.6. The van der Waals surface area contributed by atoms with Crippen LogP contribution in [0.4, 0.5) is 0 Å². The maximum Gasteiger partial charge on any atom is 0.326 e. The number of nitrogens with one attached hydrogen (secondary N) is 1. The molecule has 1 unspecified atom stereocenters. The third-order valence-electron chi connectivity index (χ3n) is 3.16. The van der Waals surface area contributed by atoms with Crippen molar-refractivity contribution in [2.75, 3.05) is 13.2 Å². The molecule has 0 aromatic rings. The first-order valence-electron chi connectivity index (χ1n) is 7.38. The van der Waals surface area contributed by atoms with Gasteiger partial charge in [-0.3, -0.25) is 4.79 Å². The molecule has 108 valence electrons. The number of carbonyl (C=O) groups is 1. The van der Waals surface area contributed by atoms with E-state index in [2.05, 4.69) is 26.1 Å². The molecule has 0 aliphatic heterocycles. The number of unbranched alkanes of at least 4 members (excludes halogenated alkanes) is 3. The summed E-state index contributed by atoms with van der Waals surface area (Å²) in [5.41, 5.74) is -0.520. The predicted molar refractivity (Wildman–Crippen MR) is 76.6 cm³/mol. The largest absolute Gasteiger partial charge is 0.465 e. The normalized spacial score (nSPS) is 14.6. The van der Waals surface area contributed by atoms with Crippen molar-refractivity contribution in [2.24, 2.45) is 5.92 Å². The van der Waals surface area contributed by atoms with Crippen molar-refractivity contribution in [3.8, 4) is 0 Å². The summed E-state index contributed by atoms with van der Waals surface area (Å²) < 4.78 is 5.19. The molecule has 0 aliphatic carbocycles.